The molecule has 0 aliphatic rings. The van der Waals surface area contributed by atoms with E-state index in [-0.39, 0.29) is 11.4 Å². The summed E-state index contributed by atoms with van der Waals surface area (Å²) < 4.78 is 13.5. The SMILES string of the molecule is CCc1nc(-c2ccc(F)c(Br)c2)[nH]c(=O)c1C. The molecule has 0 amide bonds. The quantitative estimate of drug-likeness (QED) is 0.925. The molecule has 1 N–H and O–H groups in total. The molecule has 3 nitrogen and oxygen atoms in total. The van der Waals surface area contributed by atoms with E-state index in [9.17, 15) is 9.18 Å². The topological polar surface area (TPSA) is 45.8 Å². The second-order valence-electron chi connectivity index (χ2n) is 3.97. The molecule has 2 aromatic rings. The number of nitrogens with zero attached hydrogens (tertiary/aromatic N) is 1. The number of benzene rings is 1. The Labute approximate surface area is 112 Å². The molecule has 0 unspecified atom stereocenters. The summed E-state index contributed by atoms with van der Waals surface area (Å²) in [6.45, 7) is 3.69. The van der Waals surface area contributed by atoms with Gasteiger partial charge < -0.3 is 4.98 Å². The predicted octanol–water partition coefficient (Wildman–Crippen LogP) is 3.21. The Kier molecular flexibility index (Phi) is 3.61. The molecule has 2 rings (SSSR count). The van der Waals surface area contributed by atoms with Crippen LogP contribution in [0.25, 0.3) is 11.4 Å². The lowest BCUT2D eigenvalue weighted by Crippen LogP contribution is -2.15. The summed E-state index contributed by atoms with van der Waals surface area (Å²) in [5, 5.41) is 0. The number of aromatic nitrogens is 2. The molecule has 94 valence electrons. The zero-order valence-corrected chi connectivity index (χ0v) is 11.6. The Morgan fingerprint density at radius 2 is 2.17 bits per heavy atom. The zero-order chi connectivity index (χ0) is 13.3. The van der Waals surface area contributed by atoms with Crippen molar-refractivity contribution in [3.05, 3.63) is 50.1 Å². The van der Waals surface area contributed by atoms with Crippen LogP contribution < -0.4 is 5.56 Å². The number of H-pyrrole nitrogens is 1. The van der Waals surface area contributed by atoms with E-state index in [1.54, 1.807) is 19.1 Å². The number of nitrogens with one attached hydrogen (secondary N) is 1. The van der Waals surface area contributed by atoms with Crippen molar-refractivity contribution in [2.24, 2.45) is 0 Å². The first-order valence-corrected chi connectivity index (χ1v) is 6.37. The van der Waals surface area contributed by atoms with E-state index in [2.05, 4.69) is 25.9 Å². The smallest absolute Gasteiger partial charge is 0.254 e. The van der Waals surface area contributed by atoms with Crippen molar-refractivity contribution in [1.82, 2.24) is 9.97 Å². The second kappa shape index (κ2) is 5.02. The van der Waals surface area contributed by atoms with Gasteiger partial charge >= 0.3 is 0 Å². The highest BCUT2D eigenvalue weighted by atomic mass is 79.9. The monoisotopic (exact) mass is 310 g/mol. The molecule has 0 fully saturated rings. The zero-order valence-electron chi connectivity index (χ0n) is 10.1. The Morgan fingerprint density at radius 1 is 1.44 bits per heavy atom. The van der Waals surface area contributed by atoms with Crippen molar-refractivity contribution in [2.75, 3.05) is 0 Å². The lowest BCUT2D eigenvalue weighted by molar-refractivity contribution is 0.621. The van der Waals surface area contributed by atoms with Gasteiger partial charge in [0.2, 0.25) is 0 Å². The van der Waals surface area contributed by atoms with Crippen LogP contribution in [0.15, 0.2) is 27.5 Å². The molecule has 5 heteroatoms. The van der Waals surface area contributed by atoms with Crippen LogP contribution in [0.5, 0.6) is 0 Å². The van der Waals surface area contributed by atoms with E-state index in [1.807, 2.05) is 6.92 Å². The van der Waals surface area contributed by atoms with Gasteiger partial charge in [0.1, 0.15) is 11.6 Å². The minimum Gasteiger partial charge on any atom is -0.306 e. The van der Waals surface area contributed by atoms with Crippen LogP contribution in [0.3, 0.4) is 0 Å². The van der Waals surface area contributed by atoms with E-state index in [1.165, 1.54) is 6.07 Å². The predicted molar refractivity (Wildman–Crippen MR) is 72.1 cm³/mol. The van der Waals surface area contributed by atoms with Crippen molar-refractivity contribution in [3.8, 4) is 11.4 Å². The van der Waals surface area contributed by atoms with Crippen LogP contribution in [0, 0.1) is 12.7 Å². The average Bonchev–Trinajstić information content (AvgIpc) is 2.36. The summed E-state index contributed by atoms with van der Waals surface area (Å²) in [5.74, 6) is 0.118. The maximum absolute atomic E-state index is 13.2. The van der Waals surface area contributed by atoms with E-state index in [0.717, 1.165) is 5.69 Å². The summed E-state index contributed by atoms with van der Waals surface area (Å²) in [7, 11) is 0. The van der Waals surface area contributed by atoms with Gasteiger partial charge in [-0.25, -0.2) is 9.37 Å². The van der Waals surface area contributed by atoms with Gasteiger partial charge in [0.05, 0.1) is 10.2 Å². The van der Waals surface area contributed by atoms with E-state index in [0.29, 0.717) is 27.8 Å². The summed E-state index contributed by atoms with van der Waals surface area (Å²) >= 11 is 3.12. The third-order valence-electron chi connectivity index (χ3n) is 2.78. The van der Waals surface area contributed by atoms with Crippen molar-refractivity contribution in [3.63, 3.8) is 0 Å². The molecule has 18 heavy (non-hydrogen) atoms. The van der Waals surface area contributed by atoms with Crippen LogP contribution in [-0.2, 0) is 6.42 Å². The Balaban J connectivity index is 2.60. The van der Waals surface area contributed by atoms with Gasteiger partial charge in [-0.2, -0.15) is 0 Å². The molecule has 0 saturated heterocycles. The normalized spacial score (nSPS) is 10.7. The first-order valence-electron chi connectivity index (χ1n) is 5.58. The van der Waals surface area contributed by atoms with E-state index in [4.69, 9.17) is 0 Å². The number of hydrogen-bond donors (Lipinski definition) is 1. The highest BCUT2D eigenvalue weighted by Gasteiger charge is 2.09. The molecule has 0 saturated carbocycles. The van der Waals surface area contributed by atoms with Crippen molar-refractivity contribution < 1.29 is 4.39 Å². The first-order chi connectivity index (χ1) is 8.52. The fourth-order valence-electron chi connectivity index (χ4n) is 1.70. The molecule has 0 atom stereocenters. The lowest BCUT2D eigenvalue weighted by Gasteiger charge is -2.06. The number of hydrogen-bond acceptors (Lipinski definition) is 2. The first kappa shape index (κ1) is 13.0. The van der Waals surface area contributed by atoms with Crippen LogP contribution in [0.2, 0.25) is 0 Å². The van der Waals surface area contributed by atoms with Gasteiger partial charge in [0, 0.05) is 11.1 Å². The standard InChI is InChI=1S/C13H12BrFN2O/c1-3-11-7(2)13(18)17-12(16-11)8-4-5-10(15)9(14)6-8/h4-6H,3H2,1-2H3,(H,16,17,18). The number of rotatable bonds is 2. The third-order valence-corrected chi connectivity index (χ3v) is 3.39. The number of aryl methyl sites for hydroxylation is 1. The molecule has 0 radical (unpaired) electrons. The number of halogens is 2. The maximum atomic E-state index is 13.2. The maximum Gasteiger partial charge on any atom is 0.254 e. The summed E-state index contributed by atoms with van der Waals surface area (Å²) in [6.07, 6.45) is 0.686. The summed E-state index contributed by atoms with van der Waals surface area (Å²) in [6, 6.07) is 4.53. The Bertz CT molecular complexity index is 652. The number of aromatic amines is 1. The van der Waals surface area contributed by atoms with Crippen molar-refractivity contribution in [2.45, 2.75) is 20.3 Å². The fraction of sp³-hybridized carbons (Fsp3) is 0.231. The minimum absolute atomic E-state index is 0.155. The second-order valence-corrected chi connectivity index (χ2v) is 4.82. The van der Waals surface area contributed by atoms with Gasteiger partial charge in [0.25, 0.3) is 5.56 Å². The summed E-state index contributed by atoms with van der Waals surface area (Å²) in [5.41, 5.74) is 1.91. The summed E-state index contributed by atoms with van der Waals surface area (Å²) in [4.78, 5) is 18.9. The molecule has 1 aromatic heterocycles. The van der Waals surface area contributed by atoms with Crippen LogP contribution in [0.4, 0.5) is 4.39 Å². The molecular weight excluding hydrogens is 299 g/mol. The molecule has 0 aliphatic heterocycles. The highest BCUT2D eigenvalue weighted by molar-refractivity contribution is 9.10. The molecule has 0 aliphatic carbocycles. The van der Waals surface area contributed by atoms with Gasteiger partial charge in [-0.05, 0) is 47.5 Å². The van der Waals surface area contributed by atoms with Crippen LogP contribution >= 0.6 is 15.9 Å². The van der Waals surface area contributed by atoms with Crippen molar-refractivity contribution in [1.29, 1.82) is 0 Å². The van der Waals surface area contributed by atoms with Gasteiger partial charge in [-0.1, -0.05) is 6.92 Å². The van der Waals surface area contributed by atoms with Gasteiger partial charge in [-0.15, -0.1) is 0 Å². The van der Waals surface area contributed by atoms with Gasteiger partial charge in [0.15, 0.2) is 0 Å². The largest absolute Gasteiger partial charge is 0.306 e. The molecule has 1 aromatic carbocycles. The molecule has 0 spiro atoms. The average molecular weight is 311 g/mol. The lowest BCUT2D eigenvalue weighted by atomic mass is 10.1. The van der Waals surface area contributed by atoms with E-state index < -0.39 is 0 Å². The fourth-order valence-corrected chi connectivity index (χ4v) is 2.08. The van der Waals surface area contributed by atoms with Crippen LogP contribution in [0.1, 0.15) is 18.2 Å². The Morgan fingerprint density at radius 3 is 2.78 bits per heavy atom. The molecule has 0 bridgehead atoms. The molecular formula is C13H12BrFN2O. The van der Waals surface area contributed by atoms with Gasteiger partial charge in [-0.3, -0.25) is 4.79 Å². The Hall–Kier alpha value is -1.49. The third kappa shape index (κ3) is 2.36. The van der Waals surface area contributed by atoms with Crippen molar-refractivity contribution >= 4 is 15.9 Å². The molecule has 1 heterocycles. The minimum atomic E-state index is -0.344. The van der Waals surface area contributed by atoms with E-state index >= 15 is 0 Å². The van der Waals surface area contributed by atoms with Crippen LogP contribution in [-0.4, -0.2) is 9.97 Å². The highest BCUT2D eigenvalue weighted by Crippen LogP contribution is 2.22.